The zero-order valence-corrected chi connectivity index (χ0v) is 11.9. The van der Waals surface area contributed by atoms with Crippen molar-refractivity contribution in [1.82, 2.24) is 9.80 Å². The molecule has 1 saturated heterocycles. The summed E-state index contributed by atoms with van der Waals surface area (Å²) in [6.07, 6.45) is 5.25. The Bertz CT molecular complexity index is 238. The van der Waals surface area contributed by atoms with Gasteiger partial charge >= 0.3 is 0 Å². The number of carbonyl (C=O) groups excluding carboxylic acids is 1. The number of unbranched alkanes of at least 4 members (excludes halogenated alkanes) is 2. The van der Waals surface area contributed by atoms with E-state index < -0.39 is 0 Å². The molecule has 0 bridgehead atoms. The number of hydrogen-bond acceptors (Lipinski definition) is 3. The highest BCUT2D eigenvalue weighted by Gasteiger charge is 2.20. The number of aliphatic hydroxyl groups excluding tert-OH is 1. The molecule has 1 fully saturated rings. The molecule has 1 aliphatic heterocycles. The maximum Gasteiger partial charge on any atom is 0.236 e. The van der Waals surface area contributed by atoms with E-state index in [1.807, 2.05) is 11.9 Å². The van der Waals surface area contributed by atoms with Gasteiger partial charge in [-0.25, -0.2) is 0 Å². The van der Waals surface area contributed by atoms with Crippen molar-refractivity contribution in [3.63, 3.8) is 0 Å². The summed E-state index contributed by atoms with van der Waals surface area (Å²) in [5.74, 6) is 1.04. The Balaban J connectivity index is 2.14. The molecule has 1 amide bonds. The van der Waals surface area contributed by atoms with Gasteiger partial charge in [0.05, 0.1) is 6.54 Å². The third-order valence-corrected chi connectivity index (χ3v) is 3.74. The van der Waals surface area contributed by atoms with Gasteiger partial charge in [0.1, 0.15) is 0 Å². The number of carbonyl (C=O) groups is 1. The maximum absolute atomic E-state index is 12.0. The molecule has 1 rings (SSSR count). The van der Waals surface area contributed by atoms with E-state index in [1.165, 1.54) is 0 Å². The monoisotopic (exact) mass is 256 g/mol. The molecule has 0 unspecified atom stereocenters. The summed E-state index contributed by atoms with van der Waals surface area (Å²) in [5, 5.41) is 8.69. The van der Waals surface area contributed by atoms with Crippen LogP contribution in [-0.2, 0) is 4.79 Å². The molecule has 1 N–H and O–H groups in total. The minimum Gasteiger partial charge on any atom is -0.396 e. The number of nitrogens with zero attached hydrogens (tertiary/aromatic N) is 2. The lowest BCUT2D eigenvalue weighted by Crippen LogP contribution is -2.43. The van der Waals surface area contributed by atoms with Gasteiger partial charge in [-0.15, -0.1) is 0 Å². The minimum absolute atomic E-state index is 0.270. The van der Waals surface area contributed by atoms with Gasteiger partial charge in [-0.3, -0.25) is 9.69 Å². The lowest BCUT2D eigenvalue weighted by molar-refractivity contribution is -0.133. The van der Waals surface area contributed by atoms with E-state index >= 15 is 0 Å². The summed E-state index contributed by atoms with van der Waals surface area (Å²) in [4.78, 5) is 16.1. The summed E-state index contributed by atoms with van der Waals surface area (Å²) in [6.45, 7) is 5.86. The van der Waals surface area contributed by atoms with Gasteiger partial charge in [-0.1, -0.05) is 6.92 Å². The number of hydrogen-bond donors (Lipinski definition) is 1. The van der Waals surface area contributed by atoms with Crippen LogP contribution in [0.1, 0.15) is 39.0 Å². The average Bonchev–Trinajstić information content (AvgIpc) is 2.35. The first-order chi connectivity index (χ1) is 8.63. The molecule has 4 nitrogen and oxygen atoms in total. The van der Waals surface area contributed by atoms with E-state index in [0.29, 0.717) is 6.54 Å². The van der Waals surface area contributed by atoms with Crippen LogP contribution in [0.15, 0.2) is 0 Å². The molecule has 0 aromatic carbocycles. The van der Waals surface area contributed by atoms with Crippen LogP contribution in [0.4, 0.5) is 0 Å². The fourth-order valence-corrected chi connectivity index (χ4v) is 2.34. The molecule has 106 valence electrons. The number of piperidine rings is 1. The topological polar surface area (TPSA) is 43.8 Å². The third kappa shape index (κ3) is 5.83. The van der Waals surface area contributed by atoms with E-state index in [0.717, 1.165) is 57.7 Å². The Morgan fingerprint density at radius 1 is 1.28 bits per heavy atom. The van der Waals surface area contributed by atoms with Gasteiger partial charge in [-0.2, -0.15) is 0 Å². The Kier molecular flexibility index (Phi) is 7.28. The van der Waals surface area contributed by atoms with Crippen LogP contribution < -0.4 is 0 Å². The predicted molar refractivity (Wildman–Crippen MR) is 73.4 cm³/mol. The summed E-state index contributed by atoms with van der Waals surface area (Å²) in [5.41, 5.74) is 0. The van der Waals surface area contributed by atoms with Crippen LogP contribution in [0.3, 0.4) is 0 Å². The lowest BCUT2D eigenvalue weighted by atomic mass is 9.99. The van der Waals surface area contributed by atoms with Crippen LogP contribution in [0.2, 0.25) is 0 Å². The molecule has 0 saturated carbocycles. The van der Waals surface area contributed by atoms with E-state index in [9.17, 15) is 4.79 Å². The molecular weight excluding hydrogens is 228 g/mol. The second-order valence-electron chi connectivity index (χ2n) is 5.59. The van der Waals surface area contributed by atoms with Crippen molar-refractivity contribution in [2.45, 2.75) is 39.0 Å². The summed E-state index contributed by atoms with van der Waals surface area (Å²) in [7, 11) is 2.00. The number of amides is 1. The minimum atomic E-state index is 0.270. The molecule has 0 spiro atoms. The first-order valence-electron chi connectivity index (χ1n) is 7.20. The van der Waals surface area contributed by atoms with Crippen LogP contribution in [0, 0.1) is 5.92 Å². The van der Waals surface area contributed by atoms with Crippen molar-refractivity contribution in [2.24, 2.45) is 5.92 Å². The van der Waals surface area contributed by atoms with Crippen LogP contribution in [0.5, 0.6) is 0 Å². The normalized spacial score (nSPS) is 17.4. The van der Waals surface area contributed by atoms with Crippen LogP contribution >= 0.6 is 0 Å². The van der Waals surface area contributed by atoms with E-state index in [-0.39, 0.29) is 12.5 Å². The Morgan fingerprint density at radius 3 is 2.56 bits per heavy atom. The highest BCUT2D eigenvalue weighted by molar-refractivity contribution is 5.78. The smallest absolute Gasteiger partial charge is 0.236 e. The number of aliphatic hydroxyl groups is 1. The highest BCUT2D eigenvalue weighted by atomic mass is 16.2. The maximum atomic E-state index is 12.0. The fourth-order valence-electron chi connectivity index (χ4n) is 2.34. The van der Waals surface area contributed by atoms with Gasteiger partial charge in [-0.05, 0) is 51.6 Å². The Morgan fingerprint density at radius 2 is 1.94 bits per heavy atom. The van der Waals surface area contributed by atoms with Crippen molar-refractivity contribution in [3.05, 3.63) is 0 Å². The van der Waals surface area contributed by atoms with E-state index in [2.05, 4.69) is 11.8 Å². The van der Waals surface area contributed by atoms with E-state index in [4.69, 9.17) is 5.11 Å². The Hall–Kier alpha value is -0.610. The first kappa shape index (κ1) is 15.4. The van der Waals surface area contributed by atoms with Crippen molar-refractivity contribution >= 4 is 5.91 Å². The molecule has 0 atom stereocenters. The molecule has 4 heteroatoms. The lowest BCUT2D eigenvalue weighted by Gasteiger charge is -2.31. The molecule has 0 aliphatic carbocycles. The summed E-state index contributed by atoms with van der Waals surface area (Å²) in [6, 6.07) is 0. The SMILES string of the molecule is CC1CCN(C(=O)CN(C)CCCCCO)CC1. The largest absolute Gasteiger partial charge is 0.396 e. The van der Waals surface area contributed by atoms with Crippen molar-refractivity contribution < 1.29 is 9.90 Å². The summed E-state index contributed by atoms with van der Waals surface area (Å²) >= 11 is 0. The van der Waals surface area contributed by atoms with Gasteiger partial charge in [0.15, 0.2) is 0 Å². The van der Waals surface area contributed by atoms with Crippen molar-refractivity contribution in [3.8, 4) is 0 Å². The quantitative estimate of drug-likeness (QED) is 0.699. The molecule has 1 aliphatic rings. The molecule has 1 heterocycles. The zero-order chi connectivity index (χ0) is 13.4. The van der Waals surface area contributed by atoms with Crippen LogP contribution in [-0.4, -0.2) is 60.6 Å². The van der Waals surface area contributed by atoms with Gasteiger partial charge in [0.25, 0.3) is 0 Å². The van der Waals surface area contributed by atoms with Gasteiger partial charge < -0.3 is 10.0 Å². The molecule has 0 aromatic heterocycles. The predicted octanol–water partition coefficient (Wildman–Crippen LogP) is 1.34. The first-order valence-corrected chi connectivity index (χ1v) is 7.20. The fraction of sp³-hybridized carbons (Fsp3) is 0.929. The average molecular weight is 256 g/mol. The van der Waals surface area contributed by atoms with Gasteiger partial charge in [0.2, 0.25) is 5.91 Å². The molecule has 0 radical (unpaired) electrons. The summed E-state index contributed by atoms with van der Waals surface area (Å²) < 4.78 is 0. The third-order valence-electron chi connectivity index (χ3n) is 3.74. The number of rotatable bonds is 7. The number of likely N-dealkylation sites (N-methyl/N-ethyl adjacent to an activating group) is 1. The van der Waals surface area contributed by atoms with Crippen molar-refractivity contribution in [2.75, 3.05) is 39.8 Å². The molecule has 18 heavy (non-hydrogen) atoms. The zero-order valence-electron chi connectivity index (χ0n) is 11.9. The highest BCUT2D eigenvalue weighted by Crippen LogP contribution is 2.16. The standard InChI is InChI=1S/C14H28N2O2/c1-13-6-9-16(10-7-13)14(18)12-15(2)8-4-3-5-11-17/h13,17H,3-12H2,1-2H3. The Labute approximate surface area is 111 Å². The second kappa shape index (κ2) is 8.48. The number of likely N-dealkylation sites (tertiary alicyclic amines) is 1. The molecular formula is C14H28N2O2. The van der Waals surface area contributed by atoms with E-state index in [1.54, 1.807) is 0 Å². The van der Waals surface area contributed by atoms with Crippen LogP contribution in [0.25, 0.3) is 0 Å². The molecule has 0 aromatic rings. The second-order valence-corrected chi connectivity index (χ2v) is 5.59. The van der Waals surface area contributed by atoms with Gasteiger partial charge in [0, 0.05) is 19.7 Å². The van der Waals surface area contributed by atoms with Crippen molar-refractivity contribution in [1.29, 1.82) is 0 Å².